The van der Waals surface area contributed by atoms with E-state index in [1.165, 1.54) is 0 Å². The van der Waals surface area contributed by atoms with Gasteiger partial charge in [0.05, 0.1) is 5.56 Å². The van der Waals surface area contributed by atoms with Crippen LogP contribution >= 0.6 is 0 Å². The highest BCUT2D eigenvalue weighted by molar-refractivity contribution is 5.50. The Kier molecular flexibility index (Phi) is 4.40. The summed E-state index contributed by atoms with van der Waals surface area (Å²) >= 11 is 0. The lowest BCUT2D eigenvalue weighted by Gasteiger charge is -2.31. The van der Waals surface area contributed by atoms with Crippen molar-refractivity contribution in [1.29, 1.82) is 0 Å². The molecule has 0 saturated carbocycles. The molecule has 0 spiro atoms. The fourth-order valence-corrected chi connectivity index (χ4v) is 2.75. The summed E-state index contributed by atoms with van der Waals surface area (Å²) in [4.78, 5) is 6.10. The smallest absolute Gasteiger partial charge is 0.384 e. The minimum Gasteiger partial charge on any atom is -0.384 e. The van der Waals surface area contributed by atoms with Gasteiger partial charge >= 0.3 is 6.18 Å². The predicted octanol–water partition coefficient (Wildman–Crippen LogP) is 3.84. The molecular weight excluding hydrogens is 267 g/mol. The van der Waals surface area contributed by atoms with Crippen LogP contribution in [0.2, 0.25) is 0 Å². The second kappa shape index (κ2) is 5.89. The van der Waals surface area contributed by atoms with Crippen molar-refractivity contribution < 1.29 is 13.2 Å². The van der Waals surface area contributed by atoms with Gasteiger partial charge < -0.3 is 10.6 Å². The van der Waals surface area contributed by atoms with Crippen molar-refractivity contribution in [2.24, 2.45) is 0 Å². The molecule has 3 nitrogen and oxygen atoms in total. The monoisotopic (exact) mass is 287 g/mol. The number of nitrogens with zero attached hydrogens (tertiary/aromatic N) is 2. The third kappa shape index (κ3) is 3.35. The van der Waals surface area contributed by atoms with Gasteiger partial charge in [-0.1, -0.05) is 19.8 Å². The van der Waals surface area contributed by atoms with Crippen LogP contribution in [0.5, 0.6) is 0 Å². The number of nitrogen functional groups attached to an aromatic ring is 1. The fraction of sp³-hybridized carbons (Fsp3) is 0.643. The van der Waals surface area contributed by atoms with Gasteiger partial charge in [-0.05, 0) is 31.4 Å². The van der Waals surface area contributed by atoms with Crippen LogP contribution in [0, 0.1) is 0 Å². The summed E-state index contributed by atoms with van der Waals surface area (Å²) in [7, 11) is 0. The predicted molar refractivity (Wildman–Crippen MR) is 73.5 cm³/mol. The maximum atomic E-state index is 12.9. The number of aromatic nitrogens is 1. The molecule has 1 aromatic rings. The van der Waals surface area contributed by atoms with E-state index < -0.39 is 11.7 Å². The molecule has 0 bridgehead atoms. The second-order valence-corrected chi connectivity index (χ2v) is 5.24. The lowest BCUT2D eigenvalue weighted by atomic mass is 10.1. The maximum absolute atomic E-state index is 12.9. The molecule has 1 aliphatic rings. The van der Waals surface area contributed by atoms with Crippen molar-refractivity contribution in [1.82, 2.24) is 4.98 Å². The number of hydrogen-bond acceptors (Lipinski definition) is 3. The van der Waals surface area contributed by atoms with Gasteiger partial charge in [0.1, 0.15) is 11.6 Å². The van der Waals surface area contributed by atoms with Crippen LogP contribution in [0.25, 0.3) is 0 Å². The van der Waals surface area contributed by atoms with Crippen molar-refractivity contribution in [3.05, 3.63) is 17.7 Å². The van der Waals surface area contributed by atoms with Gasteiger partial charge in [-0.3, -0.25) is 0 Å². The molecule has 20 heavy (non-hydrogen) atoms. The zero-order chi connectivity index (χ0) is 14.8. The molecular formula is C14H20F3N3. The van der Waals surface area contributed by atoms with E-state index in [4.69, 9.17) is 5.73 Å². The van der Waals surface area contributed by atoms with E-state index in [2.05, 4.69) is 11.9 Å². The lowest BCUT2D eigenvalue weighted by molar-refractivity contribution is -0.137. The maximum Gasteiger partial charge on any atom is 0.416 e. The molecule has 1 aliphatic heterocycles. The normalized spacial score (nSPS) is 20.8. The molecule has 1 fully saturated rings. The van der Waals surface area contributed by atoms with E-state index in [0.29, 0.717) is 5.82 Å². The van der Waals surface area contributed by atoms with Crippen LogP contribution in [0.15, 0.2) is 12.1 Å². The third-order valence-electron chi connectivity index (χ3n) is 3.80. The first-order chi connectivity index (χ1) is 9.41. The van der Waals surface area contributed by atoms with E-state index in [-0.39, 0.29) is 11.9 Å². The third-order valence-corrected chi connectivity index (χ3v) is 3.80. The van der Waals surface area contributed by atoms with Gasteiger partial charge in [-0.25, -0.2) is 4.98 Å². The molecule has 2 N–H and O–H groups in total. The molecule has 2 rings (SSSR count). The molecule has 1 saturated heterocycles. The number of anilines is 2. The number of halogens is 3. The molecule has 1 unspecified atom stereocenters. The van der Waals surface area contributed by atoms with Crippen molar-refractivity contribution >= 4 is 11.6 Å². The quantitative estimate of drug-likeness (QED) is 0.898. The topological polar surface area (TPSA) is 42.1 Å². The van der Waals surface area contributed by atoms with E-state index in [9.17, 15) is 13.2 Å². The molecule has 1 atom stereocenters. The average molecular weight is 287 g/mol. The Bertz CT molecular complexity index is 459. The van der Waals surface area contributed by atoms with Crippen molar-refractivity contribution in [2.45, 2.75) is 51.2 Å². The number of hydrogen-bond donors (Lipinski definition) is 1. The van der Waals surface area contributed by atoms with Crippen molar-refractivity contribution in [3.8, 4) is 0 Å². The zero-order valence-electron chi connectivity index (χ0n) is 11.6. The Hall–Kier alpha value is -1.46. The summed E-state index contributed by atoms with van der Waals surface area (Å²) in [6, 6.07) is 2.25. The van der Waals surface area contributed by atoms with Gasteiger partial charge in [0, 0.05) is 12.6 Å². The molecule has 0 aromatic carbocycles. The van der Waals surface area contributed by atoms with Crippen LogP contribution in [-0.4, -0.2) is 17.6 Å². The molecule has 0 aliphatic carbocycles. The van der Waals surface area contributed by atoms with Crippen LogP contribution in [-0.2, 0) is 6.18 Å². The summed E-state index contributed by atoms with van der Waals surface area (Å²) in [5.41, 5.74) is 4.83. The van der Waals surface area contributed by atoms with Gasteiger partial charge in [-0.2, -0.15) is 13.2 Å². The van der Waals surface area contributed by atoms with E-state index in [1.807, 2.05) is 4.90 Å². The fourth-order valence-electron chi connectivity index (χ4n) is 2.75. The summed E-state index contributed by atoms with van der Waals surface area (Å²) in [6.07, 6.45) is 0.713. The molecule has 0 amide bonds. The van der Waals surface area contributed by atoms with E-state index in [1.54, 1.807) is 0 Å². The Morgan fingerprint density at radius 1 is 1.30 bits per heavy atom. The highest BCUT2D eigenvalue weighted by Gasteiger charge is 2.32. The Morgan fingerprint density at radius 2 is 2.05 bits per heavy atom. The minimum atomic E-state index is -4.39. The first-order valence-corrected chi connectivity index (χ1v) is 7.03. The number of pyridine rings is 1. The molecule has 2 heterocycles. The molecule has 0 radical (unpaired) electrons. The molecule has 6 heteroatoms. The molecule has 1 aromatic heterocycles. The van der Waals surface area contributed by atoms with Crippen LogP contribution < -0.4 is 10.6 Å². The summed E-state index contributed by atoms with van der Waals surface area (Å²) < 4.78 is 38.6. The van der Waals surface area contributed by atoms with Crippen molar-refractivity contribution in [2.75, 3.05) is 17.2 Å². The number of rotatable bonds is 2. The first kappa shape index (κ1) is 14.9. The van der Waals surface area contributed by atoms with Gasteiger partial charge in [0.15, 0.2) is 0 Å². The highest BCUT2D eigenvalue weighted by Crippen LogP contribution is 2.34. The summed E-state index contributed by atoms with van der Waals surface area (Å²) in [5, 5.41) is 0. The summed E-state index contributed by atoms with van der Waals surface area (Å²) in [5.74, 6) is 0.278. The Labute approximate surface area is 117 Å². The number of alkyl halides is 3. The van der Waals surface area contributed by atoms with Crippen molar-refractivity contribution in [3.63, 3.8) is 0 Å². The first-order valence-electron chi connectivity index (χ1n) is 7.03. The highest BCUT2D eigenvalue weighted by atomic mass is 19.4. The Balaban J connectivity index is 2.37. The van der Waals surface area contributed by atoms with Gasteiger partial charge in [0.25, 0.3) is 0 Å². The van der Waals surface area contributed by atoms with E-state index in [0.717, 1.165) is 50.8 Å². The van der Waals surface area contributed by atoms with E-state index >= 15 is 0 Å². The second-order valence-electron chi connectivity index (χ2n) is 5.24. The van der Waals surface area contributed by atoms with Crippen LogP contribution in [0.4, 0.5) is 24.8 Å². The number of nitrogens with two attached hydrogens (primary N) is 1. The van der Waals surface area contributed by atoms with Gasteiger partial charge in [0.2, 0.25) is 0 Å². The average Bonchev–Trinajstić information content (AvgIpc) is 2.61. The minimum absolute atomic E-state index is 0.0751. The summed E-state index contributed by atoms with van der Waals surface area (Å²) in [6.45, 7) is 2.80. The van der Waals surface area contributed by atoms with Crippen LogP contribution in [0.1, 0.15) is 44.6 Å². The van der Waals surface area contributed by atoms with Crippen LogP contribution in [0.3, 0.4) is 0 Å². The molecule has 112 valence electrons. The zero-order valence-corrected chi connectivity index (χ0v) is 11.6. The SMILES string of the molecule is CCC1CCCCCN1c1cc(C(F)(F)F)cc(N)n1. The standard InChI is InChI=1S/C14H20F3N3/c1-2-11-6-4-3-5-7-20(11)13-9-10(14(15,16)17)8-12(18)19-13/h8-9,11H,2-7H2,1H3,(H2,18,19). The largest absolute Gasteiger partial charge is 0.416 e. The lowest BCUT2D eigenvalue weighted by Crippen LogP contribution is -2.35. The Morgan fingerprint density at radius 3 is 2.70 bits per heavy atom. The van der Waals surface area contributed by atoms with Gasteiger partial charge in [-0.15, -0.1) is 0 Å².